The standard InChI is InChI=1S/C16H19Cl2NS/c1-5-19-15(16-14(18)11(4)8-20-16)12-6-10(3)13(17)7-9(12)2/h6-8,15,19H,5H2,1-4H3. The molecule has 1 atom stereocenters. The first-order valence-electron chi connectivity index (χ1n) is 6.69. The van der Waals surface area contributed by atoms with Crippen molar-refractivity contribution >= 4 is 34.5 Å². The number of nitrogens with one attached hydrogen (secondary N) is 1. The van der Waals surface area contributed by atoms with Crippen LogP contribution in [0, 0.1) is 20.8 Å². The van der Waals surface area contributed by atoms with E-state index < -0.39 is 0 Å². The summed E-state index contributed by atoms with van der Waals surface area (Å²) in [5, 5.41) is 7.33. The highest BCUT2D eigenvalue weighted by atomic mass is 35.5. The maximum Gasteiger partial charge on any atom is 0.0688 e. The van der Waals surface area contributed by atoms with E-state index in [1.807, 2.05) is 19.9 Å². The van der Waals surface area contributed by atoms with Crippen LogP contribution in [0.1, 0.15) is 40.1 Å². The molecule has 0 saturated heterocycles. The molecule has 0 radical (unpaired) electrons. The zero-order chi connectivity index (χ0) is 14.9. The predicted molar refractivity (Wildman–Crippen MR) is 90.5 cm³/mol. The second kappa shape index (κ2) is 6.48. The van der Waals surface area contributed by atoms with Crippen LogP contribution in [0.3, 0.4) is 0 Å². The number of rotatable bonds is 4. The molecule has 0 bridgehead atoms. The molecule has 4 heteroatoms. The summed E-state index contributed by atoms with van der Waals surface area (Å²) in [6, 6.07) is 4.32. The lowest BCUT2D eigenvalue weighted by molar-refractivity contribution is 0.636. The van der Waals surface area contributed by atoms with E-state index >= 15 is 0 Å². The van der Waals surface area contributed by atoms with Crippen molar-refractivity contribution < 1.29 is 0 Å². The third kappa shape index (κ3) is 3.04. The van der Waals surface area contributed by atoms with Gasteiger partial charge in [-0.25, -0.2) is 0 Å². The number of aryl methyl sites for hydroxylation is 3. The third-order valence-electron chi connectivity index (χ3n) is 3.45. The Balaban J connectivity index is 2.54. The molecule has 0 fully saturated rings. The van der Waals surface area contributed by atoms with Crippen LogP contribution in [0.2, 0.25) is 10.0 Å². The average Bonchev–Trinajstić information content (AvgIpc) is 2.72. The molecule has 2 aromatic rings. The number of benzene rings is 1. The van der Waals surface area contributed by atoms with E-state index in [2.05, 4.69) is 30.6 Å². The number of thiophene rings is 1. The van der Waals surface area contributed by atoms with Gasteiger partial charge in [0.15, 0.2) is 0 Å². The second-order valence-corrected chi connectivity index (χ2v) is 6.74. The van der Waals surface area contributed by atoms with E-state index in [0.29, 0.717) is 0 Å². The lowest BCUT2D eigenvalue weighted by Gasteiger charge is -2.21. The number of hydrogen-bond donors (Lipinski definition) is 1. The second-order valence-electron chi connectivity index (χ2n) is 5.05. The summed E-state index contributed by atoms with van der Waals surface area (Å²) in [5.41, 5.74) is 4.67. The van der Waals surface area contributed by atoms with E-state index in [1.165, 1.54) is 16.0 Å². The van der Waals surface area contributed by atoms with Crippen LogP contribution < -0.4 is 5.32 Å². The van der Waals surface area contributed by atoms with Gasteiger partial charge in [0.25, 0.3) is 0 Å². The highest BCUT2D eigenvalue weighted by Gasteiger charge is 2.21. The molecule has 1 aromatic heterocycles. The van der Waals surface area contributed by atoms with Gasteiger partial charge in [0, 0.05) is 9.90 Å². The monoisotopic (exact) mass is 327 g/mol. The molecule has 1 unspecified atom stereocenters. The van der Waals surface area contributed by atoms with Gasteiger partial charge in [-0.15, -0.1) is 11.3 Å². The molecule has 108 valence electrons. The first kappa shape index (κ1) is 15.8. The summed E-state index contributed by atoms with van der Waals surface area (Å²) in [5.74, 6) is 0. The first-order chi connectivity index (χ1) is 9.45. The number of hydrogen-bond acceptors (Lipinski definition) is 2. The Labute approximate surface area is 134 Å². The van der Waals surface area contributed by atoms with Crippen LogP contribution in [-0.4, -0.2) is 6.54 Å². The average molecular weight is 328 g/mol. The summed E-state index contributed by atoms with van der Waals surface area (Å²) >= 11 is 14.4. The number of halogens is 2. The van der Waals surface area contributed by atoms with E-state index in [4.69, 9.17) is 23.2 Å². The SMILES string of the molecule is CCNC(c1cc(C)c(Cl)cc1C)c1scc(C)c1Cl. The van der Waals surface area contributed by atoms with Gasteiger partial charge in [0.2, 0.25) is 0 Å². The summed E-state index contributed by atoms with van der Waals surface area (Å²) in [6.45, 7) is 9.18. The van der Waals surface area contributed by atoms with Gasteiger partial charge in [-0.3, -0.25) is 0 Å². The summed E-state index contributed by atoms with van der Waals surface area (Å²) < 4.78 is 0. The van der Waals surface area contributed by atoms with Crippen LogP contribution >= 0.6 is 34.5 Å². The smallest absolute Gasteiger partial charge is 0.0688 e. The fourth-order valence-electron chi connectivity index (χ4n) is 2.31. The van der Waals surface area contributed by atoms with Crippen molar-refractivity contribution in [2.24, 2.45) is 0 Å². The quantitative estimate of drug-likeness (QED) is 0.761. The van der Waals surface area contributed by atoms with E-state index in [-0.39, 0.29) is 6.04 Å². The molecule has 1 heterocycles. The molecule has 0 saturated carbocycles. The minimum Gasteiger partial charge on any atom is -0.306 e. The van der Waals surface area contributed by atoms with Crippen LogP contribution in [0.5, 0.6) is 0 Å². The summed E-state index contributed by atoms with van der Waals surface area (Å²) in [7, 11) is 0. The molecule has 1 nitrogen and oxygen atoms in total. The van der Waals surface area contributed by atoms with E-state index in [9.17, 15) is 0 Å². The maximum absolute atomic E-state index is 6.46. The van der Waals surface area contributed by atoms with Crippen LogP contribution in [0.4, 0.5) is 0 Å². The molecule has 2 rings (SSSR count). The molecular formula is C16H19Cl2NS. The Kier molecular flexibility index (Phi) is 5.14. The van der Waals surface area contributed by atoms with Crippen LogP contribution in [0.25, 0.3) is 0 Å². The van der Waals surface area contributed by atoms with Gasteiger partial charge in [0.1, 0.15) is 0 Å². The highest BCUT2D eigenvalue weighted by molar-refractivity contribution is 7.10. The molecule has 20 heavy (non-hydrogen) atoms. The van der Waals surface area contributed by atoms with Crippen molar-refractivity contribution in [3.63, 3.8) is 0 Å². The van der Waals surface area contributed by atoms with Crippen molar-refractivity contribution in [1.29, 1.82) is 0 Å². The van der Waals surface area contributed by atoms with E-state index in [0.717, 1.165) is 27.7 Å². The van der Waals surface area contributed by atoms with Crippen LogP contribution in [0.15, 0.2) is 17.5 Å². The minimum atomic E-state index is 0.127. The third-order valence-corrected chi connectivity index (χ3v) is 5.64. The Morgan fingerprint density at radius 3 is 2.35 bits per heavy atom. The molecule has 0 aliphatic carbocycles. The van der Waals surface area contributed by atoms with Crippen molar-refractivity contribution in [2.75, 3.05) is 6.54 Å². The van der Waals surface area contributed by atoms with Crippen LogP contribution in [-0.2, 0) is 0 Å². The van der Waals surface area contributed by atoms with Gasteiger partial charge in [0.05, 0.1) is 11.1 Å². The minimum absolute atomic E-state index is 0.127. The van der Waals surface area contributed by atoms with Crippen molar-refractivity contribution in [3.8, 4) is 0 Å². The molecule has 0 aliphatic heterocycles. The molecular weight excluding hydrogens is 309 g/mol. The largest absolute Gasteiger partial charge is 0.306 e. The normalized spacial score (nSPS) is 12.7. The van der Waals surface area contributed by atoms with Gasteiger partial charge in [-0.2, -0.15) is 0 Å². The lowest BCUT2D eigenvalue weighted by Crippen LogP contribution is -2.22. The Hall–Kier alpha value is -0.540. The van der Waals surface area contributed by atoms with Crippen molar-refractivity contribution in [2.45, 2.75) is 33.7 Å². The molecule has 1 N–H and O–H groups in total. The Bertz CT molecular complexity index is 619. The fraction of sp³-hybridized carbons (Fsp3) is 0.375. The topological polar surface area (TPSA) is 12.0 Å². The molecule has 0 spiro atoms. The fourth-order valence-corrected chi connectivity index (χ4v) is 3.92. The van der Waals surface area contributed by atoms with Gasteiger partial charge < -0.3 is 5.32 Å². The molecule has 1 aromatic carbocycles. The maximum atomic E-state index is 6.46. The van der Waals surface area contributed by atoms with E-state index in [1.54, 1.807) is 11.3 Å². The van der Waals surface area contributed by atoms with Crippen molar-refractivity contribution in [1.82, 2.24) is 5.32 Å². The summed E-state index contributed by atoms with van der Waals surface area (Å²) in [6.07, 6.45) is 0. The summed E-state index contributed by atoms with van der Waals surface area (Å²) in [4.78, 5) is 1.18. The van der Waals surface area contributed by atoms with Crippen molar-refractivity contribution in [3.05, 3.63) is 54.7 Å². The zero-order valence-electron chi connectivity index (χ0n) is 12.2. The van der Waals surface area contributed by atoms with Gasteiger partial charge >= 0.3 is 0 Å². The Morgan fingerprint density at radius 1 is 1.10 bits per heavy atom. The molecule has 0 aliphatic rings. The first-order valence-corrected chi connectivity index (χ1v) is 8.32. The predicted octanol–water partition coefficient (Wildman–Crippen LogP) is 5.68. The lowest BCUT2D eigenvalue weighted by atomic mass is 9.97. The zero-order valence-corrected chi connectivity index (χ0v) is 14.5. The highest BCUT2D eigenvalue weighted by Crippen LogP contribution is 2.37. The molecule has 0 amide bonds. The Morgan fingerprint density at radius 2 is 1.80 bits per heavy atom. The van der Waals surface area contributed by atoms with Gasteiger partial charge in [-0.05, 0) is 61.0 Å². The van der Waals surface area contributed by atoms with Gasteiger partial charge in [-0.1, -0.05) is 36.2 Å².